The molecule has 2 amide bonds. The molecule has 0 radical (unpaired) electrons. The van der Waals surface area contributed by atoms with Crippen LogP contribution in [0.4, 0.5) is 9.59 Å². The number of fused-ring (bicyclic) bond motifs is 4. The number of morpholine rings is 1. The first-order valence-corrected chi connectivity index (χ1v) is 19.7. The fourth-order valence-electron chi connectivity index (χ4n) is 13.0. The van der Waals surface area contributed by atoms with Crippen LogP contribution in [0.1, 0.15) is 120 Å². The van der Waals surface area contributed by atoms with Crippen molar-refractivity contribution in [2.45, 2.75) is 156 Å². The molecule has 7 aliphatic rings. The molecule has 49 heavy (non-hydrogen) atoms. The standard InChI is InChI=1S/C40H66N2O7/c1-24(2)33(48-34(43)41(9)10)28-13-11-26-29(46-28)21-27-25-12-14-30-37(6,7)31(15-16-40(30)23-39(25,40)18-17-38(26,27)8)47-32-22-42(19-20-45-32)35(44)49-36(3,4)5/h24-33H,11-23H2,1-10H3/t25?,26?,27?,28?,29?,30?,31-,32?,33+,38+,39-,40+/m0/s1. The largest absolute Gasteiger partial charge is 0.444 e. The summed E-state index contributed by atoms with van der Waals surface area (Å²) in [6.07, 6.45) is 11.5. The SMILES string of the molecule is CC(C)[C@@H](OC(=O)N(C)C)C1CCC2C(CC3C4CCC5C(C)(C)[C@@H](OC6CN(C(=O)OC(C)(C)C)CCO6)CC[C@@]56C[C@@]46CC[C@]23C)O1. The molecule has 278 valence electrons. The fraction of sp³-hybridized carbons (Fsp3) is 0.950. The van der Waals surface area contributed by atoms with Crippen molar-refractivity contribution in [3.8, 4) is 0 Å². The molecule has 0 aromatic carbocycles. The van der Waals surface area contributed by atoms with Crippen molar-refractivity contribution < 1.29 is 33.3 Å². The van der Waals surface area contributed by atoms with Gasteiger partial charge < -0.3 is 33.5 Å². The van der Waals surface area contributed by atoms with Gasteiger partial charge in [-0.1, -0.05) is 34.6 Å². The average Bonchev–Trinajstić information content (AvgIpc) is 3.60. The van der Waals surface area contributed by atoms with Crippen molar-refractivity contribution in [1.82, 2.24) is 9.80 Å². The maximum absolute atomic E-state index is 12.8. The molecule has 9 heteroatoms. The van der Waals surface area contributed by atoms with Gasteiger partial charge in [-0.15, -0.1) is 0 Å². The molecule has 7 fully saturated rings. The first kappa shape index (κ1) is 35.8. The van der Waals surface area contributed by atoms with Gasteiger partial charge in [0.1, 0.15) is 11.7 Å². The lowest BCUT2D eigenvalue weighted by atomic mass is 9.46. The zero-order valence-electron chi connectivity index (χ0n) is 32.2. The minimum Gasteiger partial charge on any atom is -0.444 e. The van der Waals surface area contributed by atoms with Crippen LogP contribution in [-0.4, -0.2) is 92.1 Å². The monoisotopic (exact) mass is 686 g/mol. The van der Waals surface area contributed by atoms with E-state index < -0.39 is 11.9 Å². The molecule has 2 aliphatic heterocycles. The Hall–Kier alpha value is -1.58. The number of carbonyl (C=O) groups excluding carboxylic acids is 2. The van der Waals surface area contributed by atoms with E-state index in [4.69, 9.17) is 23.7 Å². The van der Waals surface area contributed by atoms with Gasteiger partial charge in [0.25, 0.3) is 0 Å². The van der Waals surface area contributed by atoms with Crippen molar-refractivity contribution >= 4 is 12.2 Å². The summed E-state index contributed by atoms with van der Waals surface area (Å²) < 4.78 is 31.6. The van der Waals surface area contributed by atoms with Crippen LogP contribution < -0.4 is 0 Å². The number of amides is 2. The highest BCUT2D eigenvalue weighted by molar-refractivity contribution is 5.68. The molecule has 12 atom stereocenters. The average molecular weight is 687 g/mol. The van der Waals surface area contributed by atoms with E-state index >= 15 is 0 Å². The molecule has 0 aromatic rings. The molecule has 2 saturated heterocycles. The molecular formula is C40H66N2O7. The third kappa shape index (κ3) is 5.82. The second-order valence-corrected chi connectivity index (χ2v) is 19.7. The normalized spacial score (nSPS) is 44.4. The number of hydrogen-bond donors (Lipinski definition) is 0. The molecule has 0 N–H and O–H groups in total. The van der Waals surface area contributed by atoms with E-state index in [1.165, 1.54) is 56.3 Å². The van der Waals surface area contributed by atoms with Gasteiger partial charge in [-0.05, 0) is 136 Å². The first-order valence-electron chi connectivity index (χ1n) is 19.7. The van der Waals surface area contributed by atoms with Crippen LogP contribution in [0.2, 0.25) is 0 Å². The summed E-state index contributed by atoms with van der Waals surface area (Å²) in [6, 6.07) is 0. The predicted octanol–water partition coefficient (Wildman–Crippen LogP) is 7.89. The number of carbonyl (C=O) groups is 2. The maximum Gasteiger partial charge on any atom is 0.410 e. The predicted molar refractivity (Wildman–Crippen MR) is 187 cm³/mol. The Morgan fingerprint density at radius 2 is 1.65 bits per heavy atom. The maximum atomic E-state index is 12.8. The van der Waals surface area contributed by atoms with Gasteiger partial charge in [0, 0.05) is 20.6 Å². The molecule has 7 unspecified atom stereocenters. The van der Waals surface area contributed by atoms with E-state index in [2.05, 4.69) is 34.6 Å². The molecule has 2 spiro atoms. The molecule has 5 aliphatic carbocycles. The van der Waals surface area contributed by atoms with Gasteiger partial charge in [0.05, 0.1) is 31.5 Å². The number of rotatable bonds is 5. The Kier molecular flexibility index (Phi) is 8.95. The molecule has 9 nitrogen and oxygen atoms in total. The summed E-state index contributed by atoms with van der Waals surface area (Å²) >= 11 is 0. The molecule has 2 heterocycles. The molecule has 5 saturated carbocycles. The van der Waals surface area contributed by atoms with E-state index in [-0.39, 0.29) is 47.9 Å². The van der Waals surface area contributed by atoms with Crippen LogP contribution in [0.15, 0.2) is 0 Å². The van der Waals surface area contributed by atoms with Crippen molar-refractivity contribution in [2.24, 2.45) is 51.2 Å². The van der Waals surface area contributed by atoms with Gasteiger partial charge in [-0.3, -0.25) is 0 Å². The quantitative estimate of drug-likeness (QED) is 0.291. The van der Waals surface area contributed by atoms with E-state index in [0.29, 0.717) is 53.7 Å². The van der Waals surface area contributed by atoms with E-state index in [9.17, 15) is 9.59 Å². The van der Waals surface area contributed by atoms with Gasteiger partial charge in [-0.2, -0.15) is 0 Å². The summed E-state index contributed by atoms with van der Waals surface area (Å²) in [6.45, 7) is 19.0. The van der Waals surface area contributed by atoms with Crippen molar-refractivity contribution in [1.29, 1.82) is 0 Å². The lowest BCUT2D eigenvalue weighted by molar-refractivity contribution is -0.243. The van der Waals surface area contributed by atoms with Crippen LogP contribution in [0.5, 0.6) is 0 Å². The third-order valence-electron chi connectivity index (χ3n) is 15.2. The summed E-state index contributed by atoms with van der Waals surface area (Å²) in [7, 11) is 3.50. The Balaban J connectivity index is 1.02. The first-order chi connectivity index (χ1) is 22.9. The third-order valence-corrected chi connectivity index (χ3v) is 15.2. The number of ether oxygens (including phenoxy) is 5. The zero-order valence-corrected chi connectivity index (χ0v) is 32.2. The molecule has 7 rings (SSSR count). The minimum atomic E-state index is -0.522. The second kappa shape index (κ2) is 12.2. The highest BCUT2D eigenvalue weighted by Crippen LogP contribution is 2.87. The lowest BCUT2D eigenvalue weighted by Gasteiger charge is -2.60. The summed E-state index contributed by atoms with van der Waals surface area (Å²) in [4.78, 5) is 28.7. The summed E-state index contributed by atoms with van der Waals surface area (Å²) in [5.74, 6) is 2.95. The smallest absolute Gasteiger partial charge is 0.410 e. The van der Waals surface area contributed by atoms with Gasteiger partial charge in [0.15, 0.2) is 6.29 Å². The number of nitrogens with zero attached hydrogens (tertiary/aromatic N) is 2. The topological polar surface area (TPSA) is 86.8 Å². The number of hydrogen-bond acceptors (Lipinski definition) is 7. The van der Waals surface area contributed by atoms with E-state index in [0.717, 1.165) is 18.8 Å². The molecule has 0 bridgehead atoms. The van der Waals surface area contributed by atoms with Crippen LogP contribution in [0.25, 0.3) is 0 Å². The van der Waals surface area contributed by atoms with E-state index in [1.807, 2.05) is 20.8 Å². The Morgan fingerprint density at radius 1 is 0.918 bits per heavy atom. The van der Waals surface area contributed by atoms with Crippen molar-refractivity contribution in [3.05, 3.63) is 0 Å². The second-order valence-electron chi connectivity index (χ2n) is 19.7. The van der Waals surface area contributed by atoms with Gasteiger partial charge in [0.2, 0.25) is 0 Å². The fourth-order valence-corrected chi connectivity index (χ4v) is 13.0. The molecular weight excluding hydrogens is 620 g/mol. The molecule has 0 aromatic heterocycles. The van der Waals surface area contributed by atoms with Crippen LogP contribution in [-0.2, 0) is 23.7 Å². The highest BCUT2D eigenvalue weighted by Gasteiger charge is 2.80. The van der Waals surface area contributed by atoms with Crippen molar-refractivity contribution in [3.63, 3.8) is 0 Å². The van der Waals surface area contributed by atoms with Gasteiger partial charge in [-0.25, -0.2) is 9.59 Å². The Labute approximate surface area is 295 Å². The van der Waals surface area contributed by atoms with Crippen molar-refractivity contribution in [2.75, 3.05) is 33.8 Å². The summed E-state index contributed by atoms with van der Waals surface area (Å²) in [5, 5.41) is 0. The van der Waals surface area contributed by atoms with Crippen LogP contribution in [0, 0.1) is 51.2 Å². The zero-order chi connectivity index (χ0) is 35.3. The Bertz CT molecular complexity index is 1280. The lowest BCUT2D eigenvalue weighted by Crippen LogP contribution is -2.56. The highest BCUT2D eigenvalue weighted by atomic mass is 16.7. The minimum absolute atomic E-state index is 0.0219. The van der Waals surface area contributed by atoms with Gasteiger partial charge >= 0.3 is 12.2 Å². The van der Waals surface area contributed by atoms with Crippen LogP contribution >= 0.6 is 0 Å². The summed E-state index contributed by atoms with van der Waals surface area (Å²) in [5.41, 5.74) is 0.750. The Morgan fingerprint density at radius 3 is 2.35 bits per heavy atom. The van der Waals surface area contributed by atoms with Crippen LogP contribution in [0.3, 0.4) is 0 Å². The van der Waals surface area contributed by atoms with E-state index in [1.54, 1.807) is 19.0 Å².